The van der Waals surface area contributed by atoms with Crippen LogP contribution < -0.4 is 0 Å². The average Bonchev–Trinajstić information content (AvgIpc) is 3.00. The second kappa shape index (κ2) is 8.87. The van der Waals surface area contributed by atoms with E-state index in [0.717, 1.165) is 12.2 Å². The zero-order valence-corrected chi connectivity index (χ0v) is 19.4. The molecule has 0 aromatic rings. The fourth-order valence-corrected chi connectivity index (χ4v) is 5.20. The van der Waals surface area contributed by atoms with Crippen LogP contribution in [0, 0.1) is 11.8 Å². The third-order valence-corrected chi connectivity index (χ3v) is 11.3. The molecule has 0 bridgehead atoms. The lowest BCUT2D eigenvalue weighted by atomic mass is 9.86. The van der Waals surface area contributed by atoms with Crippen LogP contribution in [-0.4, -0.2) is 44.3 Å². The fourth-order valence-electron chi connectivity index (χ4n) is 3.07. The maximum atomic E-state index is 12.6. The highest BCUT2D eigenvalue weighted by Gasteiger charge is 2.50. The Labute approximate surface area is 159 Å². The fraction of sp³-hybridized carbons (Fsp3) is 0.947. The Hall–Kier alpha value is 0.117. The smallest absolute Gasteiger partial charge is 0.194 e. The van der Waals surface area contributed by atoms with E-state index in [1.165, 1.54) is 11.8 Å². The molecule has 1 rings (SSSR count). The summed E-state index contributed by atoms with van der Waals surface area (Å²) in [5, 5.41) is 0.282. The van der Waals surface area contributed by atoms with Gasteiger partial charge in [-0.2, -0.15) is 0 Å². The van der Waals surface area contributed by atoms with E-state index in [0.29, 0.717) is 13.2 Å². The van der Waals surface area contributed by atoms with E-state index in [2.05, 4.69) is 47.7 Å². The Morgan fingerprint density at radius 1 is 1.20 bits per heavy atom. The molecule has 0 saturated carbocycles. The molecule has 0 radical (unpaired) electrons. The van der Waals surface area contributed by atoms with Crippen molar-refractivity contribution in [3.8, 4) is 0 Å². The van der Waals surface area contributed by atoms with Gasteiger partial charge in [-0.3, -0.25) is 4.79 Å². The lowest BCUT2D eigenvalue weighted by Gasteiger charge is -2.45. The molecular weight excluding hydrogens is 352 g/mol. The van der Waals surface area contributed by atoms with Crippen molar-refractivity contribution in [3.63, 3.8) is 0 Å². The van der Waals surface area contributed by atoms with Gasteiger partial charge in [0.2, 0.25) is 0 Å². The minimum absolute atomic E-state index is 0.00877. The molecule has 0 unspecified atom stereocenters. The topological polar surface area (TPSA) is 44.8 Å². The van der Waals surface area contributed by atoms with E-state index in [1.807, 2.05) is 13.8 Å². The number of hydrogen-bond donors (Lipinski definition) is 0. The molecule has 1 saturated heterocycles. The molecule has 1 aliphatic rings. The van der Waals surface area contributed by atoms with E-state index in [4.69, 9.17) is 13.9 Å². The van der Waals surface area contributed by atoms with Gasteiger partial charge in [-0.15, -0.1) is 0 Å². The van der Waals surface area contributed by atoms with E-state index < -0.39 is 14.1 Å². The van der Waals surface area contributed by atoms with E-state index in [9.17, 15) is 4.79 Å². The van der Waals surface area contributed by atoms with Crippen molar-refractivity contribution in [1.82, 2.24) is 0 Å². The van der Waals surface area contributed by atoms with Crippen LogP contribution in [0.25, 0.3) is 0 Å². The molecule has 3 atom stereocenters. The summed E-state index contributed by atoms with van der Waals surface area (Å²) in [7, 11) is -2.03. The van der Waals surface area contributed by atoms with Crippen LogP contribution in [0.4, 0.5) is 0 Å². The molecule has 0 amide bonds. The molecular formula is C19H38O4SSi. The first kappa shape index (κ1) is 23.2. The highest BCUT2D eigenvalue weighted by atomic mass is 32.2. The first-order valence-corrected chi connectivity index (χ1v) is 13.4. The van der Waals surface area contributed by atoms with Crippen molar-refractivity contribution in [1.29, 1.82) is 0 Å². The van der Waals surface area contributed by atoms with E-state index >= 15 is 0 Å². The largest absolute Gasteiger partial charge is 0.413 e. The van der Waals surface area contributed by atoms with Crippen LogP contribution in [0.1, 0.15) is 54.9 Å². The van der Waals surface area contributed by atoms with Crippen molar-refractivity contribution in [2.24, 2.45) is 11.8 Å². The first-order valence-electron chi connectivity index (χ1n) is 9.54. The SMILES string of the molecule is CCSC(=O)[C@H](C)[C@@H](O[Si](C)(C)C(C)(C)C)[C@H](C)C1(CC)OCCO1. The highest BCUT2D eigenvalue weighted by Crippen LogP contribution is 2.43. The second-order valence-corrected chi connectivity index (χ2v) is 14.6. The Kier molecular flexibility index (Phi) is 8.22. The Morgan fingerprint density at radius 2 is 1.72 bits per heavy atom. The lowest BCUT2D eigenvalue weighted by molar-refractivity contribution is -0.215. The molecule has 25 heavy (non-hydrogen) atoms. The molecule has 148 valence electrons. The number of thioether (sulfide) groups is 1. The van der Waals surface area contributed by atoms with Gasteiger partial charge >= 0.3 is 0 Å². The molecule has 6 heteroatoms. The van der Waals surface area contributed by atoms with Crippen LogP contribution >= 0.6 is 11.8 Å². The first-order chi connectivity index (χ1) is 11.4. The van der Waals surface area contributed by atoms with Gasteiger partial charge in [0.15, 0.2) is 19.2 Å². The van der Waals surface area contributed by atoms with Crippen LogP contribution in [0.2, 0.25) is 18.1 Å². The molecule has 0 spiro atoms. The van der Waals surface area contributed by atoms with Gasteiger partial charge < -0.3 is 13.9 Å². The van der Waals surface area contributed by atoms with Gasteiger partial charge in [0, 0.05) is 5.92 Å². The minimum Gasteiger partial charge on any atom is -0.413 e. The summed E-state index contributed by atoms with van der Waals surface area (Å²) in [5.41, 5.74) is 0. The van der Waals surface area contributed by atoms with Gasteiger partial charge in [-0.1, -0.05) is 60.2 Å². The lowest BCUT2D eigenvalue weighted by Crippen LogP contribution is -2.53. The zero-order valence-electron chi connectivity index (χ0n) is 17.6. The minimum atomic E-state index is -2.03. The summed E-state index contributed by atoms with van der Waals surface area (Å²) in [5.74, 6) is -0.0507. The standard InChI is InChI=1S/C19H38O4SSi/c1-10-19(21-12-13-22-19)15(4)16(14(3)17(20)24-11-2)23-25(8,9)18(5,6)7/h14-16H,10-13H2,1-9H3/t14-,15+,16-/m1/s1. The summed E-state index contributed by atoms with van der Waals surface area (Å²) in [6, 6.07) is 0. The number of carbonyl (C=O) groups is 1. The maximum absolute atomic E-state index is 12.6. The Bertz CT molecular complexity index is 441. The third-order valence-electron chi connectivity index (χ3n) is 5.84. The molecule has 0 aromatic heterocycles. The van der Waals surface area contributed by atoms with Crippen molar-refractivity contribution < 1.29 is 18.7 Å². The zero-order chi connectivity index (χ0) is 19.5. The molecule has 1 fully saturated rings. The average molecular weight is 391 g/mol. The number of ether oxygens (including phenoxy) is 2. The summed E-state index contributed by atoms with van der Waals surface area (Å²) < 4.78 is 18.8. The highest BCUT2D eigenvalue weighted by molar-refractivity contribution is 8.13. The van der Waals surface area contributed by atoms with Crippen LogP contribution in [0.15, 0.2) is 0 Å². The van der Waals surface area contributed by atoms with Gasteiger partial charge in [0.05, 0.1) is 25.2 Å². The monoisotopic (exact) mass is 390 g/mol. The summed E-state index contributed by atoms with van der Waals surface area (Å²) in [6.45, 7) is 20.6. The van der Waals surface area contributed by atoms with Crippen LogP contribution in [0.5, 0.6) is 0 Å². The molecule has 1 heterocycles. The number of carbonyl (C=O) groups excluding carboxylic acids is 1. The van der Waals surface area contributed by atoms with Crippen molar-refractivity contribution >= 4 is 25.2 Å². The van der Waals surface area contributed by atoms with Crippen LogP contribution in [-0.2, 0) is 18.7 Å². The maximum Gasteiger partial charge on any atom is 0.194 e. The van der Waals surface area contributed by atoms with Gasteiger partial charge in [0.25, 0.3) is 0 Å². The predicted molar refractivity (Wildman–Crippen MR) is 108 cm³/mol. The van der Waals surface area contributed by atoms with E-state index in [-0.39, 0.29) is 28.1 Å². The Morgan fingerprint density at radius 3 is 2.12 bits per heavy atom. The molecule has 0 aliphatic carbocycles. The van der Waals surface area contributed by atoms with Gasteiger partial charge in [-0.25, -0.2) is 0 Å². The van der Waals surface area contributed by atoms with Crippen molar-refractivity contribution in [2.75, 3.05) is 19.0 Å². The number of hydrogen-bond acceptors (Lipinski definition) is 5. The summed E-state index contributed by atoms with van der Waals surface area (Å²) in [6.07, 6.45) is 0.554. The molecule has 0 aromatic carbocycles. The van der Waals surface area contributed by atoms with Gasteiger partial charge in [0.1, 0.15) is 0 Å². The van der Waals surface area contributed by atoms with E-state index in [1.54, 1.807) is 0 Å². The molecule has 4 nitrogen and oxygen atoms in total. The Balaban J connectivity index is 3.16. The summed E-state index contributed by atoms with van der Waals surface area (Å²) >= 11 is 1.38. The quantitative estimate of drug-likeness (QED) is 0.541. The summed E-state index contributed by atoms with van der Waals surface area (Å²) in [4.78, 5) is 12.6. The number of rotatable bonds is 8. The normalized spacial score (nSPS) is 21.8. The second-order valence-electron chi connectivity index (χ2n) is 8.53. The van der Waals surface area contributed by atoms with Gasteiger partial charge in [-0.05, 0) is 30.3 Å². The predicted octanol–water partition coefficient (Wildman–Crippen LogP) is 5.08. The molecule has 1 aliphatic heterocycles. The third kappa shape index (κ3) is 5.31. The van der Waals surface area contributed by atoms with Crippen molar-refractivity contribution in [2.45, 2.75) is 84.9 Å². The van der Waals surface area contributed by atoms with Crippen molar-refractivity contribution in [3.05, 3.63) is 0 Å². The van der Waals surface area contributed by atoms with Crippen LogP contribution in [0.3, 0.4) is 0 Å². The molecule has 0 N–H and O–H groups in total.